The zero-order valence-electron chi connectivity index (χ0n) is 2.44. The summed E-state index contributed by atoms with van der Waals surface area (Å²) in [5.74, 6) is 0. The first kappa shape index (κ1) is 8.82. The molecule has 0 aromatic rings. The number of carbonyl (C=O) groups is 1. The molecule has 3 heteroatoms. The molecule has 0 aliphatic rings. The number of nitriles is 1. The highest BCUT2D eigenvalue weighted by Gasteiger charge is 1.22. The van der Waals surface area contributed by atoms with Crippen LogP contribution >= 0.6 is 15.9 Å². The molecule has 5 heavy (non-hydrogen) atoms. The SMILES string of the molecule is C=O.N#CBr. The predicted octanol–water partition coefficient (Wildman–Crippen LogP) is 0.677. The van der Waals surface area contributed by atoms with Gasteiger partial charge in [0.25, 0.3) is 0 Å². The first-order valence-corrected chi connectivity index (χ1v) is 1.49. The summed E-state index contributed by atoms with van der Waals surface area (Å²) in [5, 5.41) is 7.24. The van der Waals surface area contributed by atoms with Crippen molar-refractivity contribution in [2.45, 2.75) is 0 Å². The van der Waals surface area contributed by atoms with E-state index >= 15 is 0 Å². The molecule has 0 aliphatic carbocycles. The second-order valence-electron chi connectivity index (χ2n) is 0.0845. The molecule has 0 unspecified atom stereocenters. The average Bonchev–Trinajstić information content (AvgIpc) is 1.46. The number of carbonyl (C=O) groups excluding carboxylic acids is 1. The first-order valence-electron chi connectivity index (χ1n) is 0.701. The van der Waals surface area contributed by atoms with Gasteiger partial charge in [0.15, 0.2) is 0 Å². The van der Waals surface area contributed by atoms with Gasteiger partial charge in [-0.05, 0) is 0 Å². The number of hydrogen-bond donors (Lipinski definition) is 0. The third-order valence-electron chi connectivity index (χ3n) is 0. The van der Waals surface area contributed by atoms with Crippen LogP contribution in [-0.2, 0) is 4.79 Å². The Kier molecular flexibility index (Phi) is 109. The van der Waals surface area contributed by atoms with Gasteiger partial charge in [0.05, 0.1) is 0 Å². The van der Waals surface area contributed by atoms with Crippen molar-refractivity contribution in [1.82, 2.24) is 0 Å². The van der Waals surface area contributed by atoms with Crippen molar-refractivity contribution < 1.29 is 4.79 Å². The summed E-state index contributed by atoms with van der Waals surface area (Å²) in [4.78, 5) is 9.56. The molecule has 0 aromatic carbocycles. The maximum Gasteiger partial charge on any atom is 0.142 e. The van der Waals surface area contributed by atoms with E-state index in [1.807, 2.05) is 6.79 Å². The minimum absolute atomic E-state index is 1.56. The Balaban J connectivity index is 0. The van der Waals surface area contributed by atoms with Crippen LogP contribution in [0.25, 0.3) is 0 Å². The summed E-state index contributed by atoms with van der Waals surface area (Å²) in [7, 11) is 0. The largest absolute Gasteiger partial charge is 0.307 e. The zero-order chi connectivity index (χ0) is 4.71. The Labute approximate surface area is 38.5 Å². The lowest BCUT2D eigenvalue weighted by Gasteiger charge is -1.10. The molecule has 0 amide bonds. The molecule has 0 heterocycles. The van der Waals surface area contributed by atoms with Crippen LogP contribution in [0, 0.1) is 10.2 Å². The number of hydrogen-bond acceptors (Lipinski definition) is 2. The van der Waals surface area contributed by atoms with Crippen LogP contribution in [0.15, 0.2) is 0 Å². The smallest absolute Gasteiger partial charge is 0.142 e. The molecular weight excluding hydrogens is 134 g/mol. The van der Waals surface area contributed by atoms with E-state index in [9.17, 15) is 0 Å². The Morgan fingerprint density at radius 1 is 1.80 bits per heavy atom. The molecule has 28 valence electrons. The minimum atomic E-state index is 1.56. The third kappa shape index (κ3) is 75.5. The van der Waals surface area contributed by atoms with Gasteiger partial charge < -0.3 is 4.79 Å². The zero-order valence-corrected chi connectivity index (χ0v) is 4.03. The molecule has 0 N–H and O–H groups in total. The number of nitrogens with zero attached hydrogens (tertiary/aromatic N) is 1. The molecule has 0 fully saturated rings. The Morgan fingerprint density at radius 2 is 1.80 bits per heavy atom. The molecule has 0 aliphatic heterocycles. The van der Waals surface area contributed by atoms with Gasteiger partial charge in [-0.25, -0.2) is 0 Å². The normalized spacial score (nSPS) is 2.40. The van der Waals surface area contributed by atoms with Crippen LogP contribution in [0.4, 0.5) is 0 Å². The van der Waals surface area contributed by atoms with E-state index in [4.69, 9.17) is 10.1 Å². The van der Waals surface area contributed by atoms with Gasteiger partial charge in [-0.2, -0.15) is 5.26 Å². The average molecular weight is 136 g/mol. The van der Waals surface area contributed by atoms with Crippen LogP contribution in [0.1, 0.15) is 0 Å². The highest BCUT2D eigenvalue weighted by molar-refractivity contribution is 9.12. The van der Waals surface area contributed by atoms with E-state index in [-0.39, 0.29) is 0 Å². The minimum Gasteiger partial charge on any atom is -0.307 e. The van der Waals surface area contributed by atoms with Crippen LogP contribution in [-0.4, -0.2) is 6.79 Å². The molecule has 0 saturated carbocycles. The topological polar surface area (TPSA) is 40.9 Å². The lowest BCUT2D eigenvalue weighted by atomic mass is 11.8. The number of halogens is 1. The fraction of sp³-hybridized carbons (Fsp3) is 0. The lowest BCUT2D eigenvalue weighted by Crippen LogP contribution is -0.925. The number of rotatable bonds is 0. The second-order valence-corrected chi connectivity index (χ2v) is 0.439. The maximum absolute atomic E-state index is 8.00. The van der Waals surface area contributed by atoms with Crippen LogP contribution in [0.5, 0.6) is 0 Å². The Bertz CT molecular complexity index is 39.4. The quantitative estimate of drug-likeness (QED) is 0.491. The molecule has 0 rings (SSSR count). The van der Waals surface area contributed by atoms with Gasteiger partial charge >= 0.3 is 0 Å². The summed E-state index contributed by atoms with van der Waals surface area (Å²) < 4.78 is 0. The molecule has 0 spiro atoms. The predicted molar refractivity (Wildman–Crippen MR) is 21.7 cm³/mol. The Hall–Kier alpha value is -0.360. The van der Waals surface area contributed by atoms with Gasteiger partial charge in [0.1, 0.15) is 11.8 Å². The molecule has 2 nitrogen and oxygen atoms in total. The molecule has 0 atom stereocenters. The van der Waals surface area contributed by atoms with Crippen molar-refractivity contribution in [3.8, 4) is 4.98 Å². The molecular formula is C2H2BrNO. The lowest BCUT2D eigenvalue weighted by molar-refractivity contribution is -0.0979. The van der Waals surface area contributed by atoms with Crippen molar-refractivity contribution in [2.24, 2.45) is 0 Å². The van der Waals surface area contributed by atoms with Crippen LogP contribution in [0.3, 0.4) is 0 Å². The maximum atomic E-state index is 8.00. The molecule has 0 saturated heterocycles. The second kappa shape index (κ2) is 61.9. The van der Waals surface area contributed by atoms with Gasteiger partial charge in [-0.1, -0.05) is 0 Å². The standard InChI is InChI=1S/CBrN.CH2O/c2-1-3;1-2/h;1H2. The van der Waals surface area contributed by atoms with Crippen molar-refractivity contribution in [2.75, 3.05) is 0 Å². The summed E-state index contributed by atoms with van der Waals surface area (Å²) in [5.41, 5.74) is 0. The van der Waals surface area contributed by atoms with Crippen LogP contribution < -0.4 is 0 Å². The summed E-state index contributed by atoms with van der Waals surface area (Å²) in [6.45, 7) is 2.00. The molecule has 0 aromatic heterocycles. The fourth-order valence-electron chi connectivity index (χ4n) is 0. The monoisotopic (exact) mass is 135 g/mol. The van der Waals surface area contributed by atoms with Crippen molar-refractivity contribution in [3.05, 3.63) is 0 Å². The molecule has 0 bridgehead atoms. The fourth-order valence-corrected chi connectivity index (χ4v) is 0. The van der Waals surface area contributed by atoms with Crippen molar-refractivity contribution in [3.63, 3.8) is 0 Å². The van der Waals surface area contributed by atoms with E-state index in [0.29, 0.717) is 0 Å². The van der Waals surface area contributed by atoms with E-state index in [1.54, 1.807) is 4.98 Å². The summed E-state index contributed by atoms with van der Waals surface area (Å²) in [6, 6.07) is 0. The summed E-state index contributed by atoms with van der Waals surface area (Å²) in [6.07, 6.45) is 0. The first-order chi connectivity index (χ1) is 2.41. The summed E-state index contributed by atoms with van der Waals surface area (Å²) >= 11 is 2.45. The van der Waals surface area contributed by atoms with Gasteiger partial charge in [-0.15, -0.1) is 0 Å². The van der Waals surface area contributed by atoms with Gasteiger partial charge in [0.2, 0.25) is 0 Å². The van der Waals surface area contributed by atoms with E-state index in [2.05, 4.69) is 15.9 Å². The van der Waals surface area contributed by atoms with Gasteiger partial charge in [0, 0.05) is 15.9 Å². The van der Waals surface area contributed by atoms with E-state index < -0.39 is 0 Å². The van der Waals surface area contributed by atoms with Crippen LogP contribution in [0.2, 0.25) is 0 Å². The van der Waals surface area contributed by atoms with Crippen molar-refractivity contribution in [1.29, 1.82) is 5.26 Å². The third-order valence-corrected chi connectivity index (χ3v) is 0. The van der Waals surface area contributed by atoms with E-state index in [1.165, 1.54) is 0 Å². The Morgan fingerprint density at radius 3 is 1.80 bits per heavy atom. The van der Waals surface area contributed by atoms with Crippen molar-refractivity contribution >= 4 is 22.7 Å². The van der Waals surface area contributed by atoms with E-state index in [0.717, 1.165) is 0 Å². The highest BCUT2D eigenvalue weighted by atomic mass is 79.9. The van der Waals surface area contributed by atoms with Gasteiger partial charge in [-0.3, -0.25) is 0 Å². The molecule has 0 radical (unpaired) electrons. The highest BCUT2D eigenvalue weighted by Crippen LogP contribution is 1.58.